The van der Waals surface area contributed by atoms with Gasteiger partial charge in [-0.25, -0.2) is 4.98 Å². The SMILES string of the molecule is Cc1nc([C@H](C)N(C)C(=O)CCc2nnc(Cc3ccc4c(c3)OCO4)o2)c(C)s1. The van der Waals surface area contributed by atoms with Crippen LogP contribution in [0.3, 0.4) is 0 Å². The van der Waals surface area contributed by atoms with Gasteiger partial charge in [0.15, 0.2) is 11.5 Å². The summed E-state index contributed by atoms with van der Waals surface area (Å²) in [6.07, 6.45) is 1.20. The van der Waals surface area contributed by atoms with Gasteiger partial charge in [0, 0.05) is 24.8 Å². The number of fused-ring (bicyclic) bond motifs is 1. The van der Waals surface area contributed by atoms with Crippen LogP contribution in [0.15, 0.2) is 22.6 Å². The fourth-order valence-electron chi connectivity index (χ4n) is 3.41. The molecular weight excluding hydrogens is 404 g/mol. The van der Waals surface area contributed by atoms with Gasteiger partial charge in [0.05, 0.1) is 23.2 Å². The summed E-state index contributed by atoms with van der Waals surface area (Å²) in [5.74, 6) is 2.45. The highest BCUT2D eigenvalue weighted by Crippen LogP contribution is 2.33. The van der Waals surface area contributed by atoms with E-state index in [9.17, 15) is 4.79 Å². The molecule has 0 fully saturated rings. The van der Waals surface area contributed by atoms with Crippen LogP contribution in [0, 0.1) is 13.8 Å². The fourth-order valence-corrected chi connectivity index (χ4v) is 4.32. The predicted molar refractivity (Wildman–Crippen MR) is 111 cm³/mol. The Morgan fingerprint density at radius 3 is 2.73 bits per heavy atom. The van der Waals surface area contributed by atoms with Crippen molar-refractivity contribution in [2.24, 2.45) is 0 Å². The number of aromatic nitrogens is 3. The molecule has 1 aliphatic rings. The number of nitrogens with zero attached hydrogens (tertiary/aromatic N) is 4. The van der Waals surface area contributed by atoms with Gasteiger partial charge in [0.2, 0.25) is 24.5 Å². The second kappa shape index (κ2) is 8.43. The van der Waals surface area contributed by atoms with Crippen molar-refractivity contribution >= 4 is 17.2 Å². The maximum atomic E-state index is 12.6. The van der Waals surface area contributed by atoms with Crippen molar-refractivity contribution in [3.8, 4) is 11.5 Å². The summed E-state index contributed by atoms with van der Waals surface area (Å²) < 4.78 is 16.4. The topological polar surface area (TPSA) is 90.6 Å². The summed E-state index contributed by atoms with van der Waals surface area (Å²) in [5, 5.41) is 9.20. The molecule has 3 aromatic rings. The third kappa shape index (κ3) is 4.30. The molecule has 2 aromatic heterocycles. The zero-order chi connectivity index (χ0) is 21.3. The Balaban J connectivity index is 1.32. The van der Waals surface area contributed by atoms with Crippen molar-refractivity contribution in [3.63, 3.8) is 0 Å². The Labute approximate surface area is 178 Å². The van der Waals surface area contributed by atoms with E-state index in [1.807, 2.05) is 39.0 Å². The first-order chi connectivity index (χ1) is 14.4. The highest BCUT2D eigenvalue weighted by molar-refractivity contribution is 7.11. The van der Waals surface area contributed by atoms with Gasteiger partial charge in [-0.2, -0.15) is 0 Å². The number of thiazole rings is 1. The highest BCUT2D eigenvalue weighted by atomic mass is 32.1. The van der Waals surface area contributed by atoms with Crippen LogP contribution in [0.2, 0.25) is 0 Å². The van der Waals surface area contributed by atoms with Gasteiger partial charge in [-0.15, -0.1) is 21.5 Å². The van der Waals surface area contributed by atoms with E-state index < -0.39 is 0 Å². The second-order valence-corrected chi connectivity index (χ2v) is 8.72. The number of ether oxygens (including phenoxy) is 2. The molecule has 0 aliphatic carbocycles. The Hall–Kier alpha value is -2.94. The Morgan fingerprint density at radius 1 is 1.20 bits per heavy atom. The molecule has 0 N–H and O–H groups in total. The van der Waals surface area contributed by atoms with Crippen LogP contribution in [0.25, 0.3) is 0 Å². The van der Waals surface area contributed by atoms with Crippen molar-refractivity contribution in [1.29, 1.82) is 0 Å². The minimum Gasteiger partial charge on any atom is -0.454 e. The van der Waals surface area contributed by atoms with Crippen molar-refractivity contribution in [2.75, 3.05) is 13.8 Å². The maximum absolute atomic E-state index is 12.6. The van der Waals surface area contributed by atoms with Crippen molar-refractivity contribution in [1.82, 2.24) is 20.1 Å². The molecule has 3 heterocycles. The average molecular weight is 429 g/mol. The molecule has 0 unspecified atom stereocenters. The number of carbonyl (C=O) groups excluding carboxylic acids is 1. The number of rotatable bonds is 7. The standard InChI is InChI=1S/C21H24N4O4S/c1-12(21-13(2)30-14(3)22-21)25(4)20(26)8-7-18-23-24-19(29-18)10-15-5-6-16-17(9-15)28-11-27-16/h5-6,9,12H,7-8,10-11H2,1-4H3/t12-/m0/s1. The Morgan fingerprint density at radius 2 is 1.97 bits per heavy atom. The summed E-state index contributed by atoms with van der Waals surface area (Å²) >= 11 is 1.65. The lowest BCUT2D eigenvalue weighted by Gasteiger charge is -2.24. The van der Waals surface area contributed by atoms with Crippen molar-refractivity contribution in [2.45, 2.75) is 46.1 Å². The zero-order valence-electron chi connectivity index (χ0n) is 17.5. The fraction of sp³-hybridized carbons (Fsp3) is 0.429. The number of aryl methyl sites for hydroxylation is 3. The van der Waals surface area contributed by atoms with Crippen LogP contribution in [-0.2, 0) is 17.6 Å². The second-order valence-electron chi connectivity index (χ2n) is 7.31. The largest absolute Gasteiger partial charge is 0.454 e. The molecule has 9 heteroatoms. The lowest BCUT2D eigenvalue weighted by molar-refractivity contribution is -0.131. The lowest BCUT2D eigenvalue weighted by Crippen LogP contribution is -2.30. The van der Waals surface area contributed by atoms with Gasteiger partial charge in [0.25, 0.3) is 0 Å². The van der Waals surface area contributed by atoms with Crippen LogP contribution in [0.4, 0.5) is 0 Å². The minimum atomic E-state index is -0.0771. The first-order valence-corrected chi connectivity index (χ1v) is 10.6. The van der Waals surface area contributed by atoms with E-state index in [0.717, 1.165) is 32.6 Å². The molecule has 0 radical (unpaired) electrons. The van der Waals surface area contributed by atoms with E-state index in [0.29, 0.717) is 31.0 Å². The first kappa shape index (κ1) is 20.3. The number of carbonyl (C=O) groups is 1. The van der Waals surface area contributed by atoms with Crippen LogP contribution in [0.5, 0.6) is 11.5 Å². The molecule has 158 valence electrons. The normalized spacial score (nSPS) is 13.5. The molecule has 1 amide bonds. The molecule has 30 heavy (non-hydrogen) atoms. The average Bonchev–Trinajstić information content (AvgIpc) is 3.44. The molecule has 0 saturated heterocycles. The van der Waals surface area contributed by atoms with E-state index in [4.69, 9.17) is 13.9 Å². The first-order valence-electron chi connectivity index (χ1n) is 9.80. The zero-order valence-corrected chi connectivity index (χ0v) is 18.3. The number of hydrogen-bond donors (Lipinski definition) is 0. The predicted octanol–water partition coefficient (Wildman–Crippen LogP) is 3.61. The molecule has 8 nitrogen and oxygen atoms in total. The summed E-state index contributed by atoms with van der Waals surface area (Å²) in [4.78, 5) is 20.1. The van der Waals surface area contributed by atoms with Gasteiger partial charge in [-0.1, -0.05) is 6.07 Å². The Kier molecular flexibility index (Phi) is 5.72. The van der Waals surface area contributed by atoms with Gasteiger partial charge in [0.1, 0.15) is 0 Å². The monoisotopic (exact) mass is 428 g/mol. The van der Waals surface area contributed by atoms with E-state index in [-0.39, 0.29) is 18.7 Å². The molecular formula is C21H24N4O4S. The van der Waals surface area contributed by atoms with E-state index in [1.54, 1.807) is 23.3 Å². The third-order valence-corrected chi connectivity index (χ3v) is 6.07. The van der Waals surface area contributed by atoms with Gasteiger partial charge >= 0.3 is 0 Å². The number of benzene rings is 1. The quantitative estimate of drug-likeness (QED) is 0.568. The summed E-state index contributed by atoms with van der Waals surface area (Å²) in [7, 11) is 1.81. The summed E-state index contributed by atoms with van der Waals surface area (Å²) in [5.41, 5.74) is 1.95. The third-order valence-electron chi connectivity index (χ3n) is 5.16. The van der Waals surface area contributed by atoms with E-state index in [1.165, 1.54) is 0 Å². The maximum Gasteiger partial charge on any atom is 0.231 e. The van der Waals surface area contributed by atoms with Crippen LogP contribution in [-0.4, -0.2) is 39.8 Å². The van der Waals surface area contributed by atoms with Gasteiger partial charge in [-0.3, -0.25) is 4.79 Å². The smallest absolute Gasteiger partial charge is 0.231 e. The number of amides is 1. The van der Waals surface area contributed by atoms with Crippen LogP contribution in [0.1, 0.15) is 52.3 Å². The molecule has 4 rings (SSSR count). The van der Waals surface area contributed by atoms with Crippen molar-refractivity contribution < 1.29 is 18.7 Å². The van der Waals surface area contributed by atoms with Gasteiger partial charge in [-0.05, 0) is 38.5 Å². The van der Waals surface area contributed by atoms with E-state index >= 15 is 0 Å². The highest BCUT2D eigenvalue weighted by Gasteiger charge is 2.22. The molecule has 0 bridgehead atoms. The van der Waals surface area contributed by atoms with Gasteiger partial charge < -0.3 is 18.8 Å². The number of hydrogen-bond acceptors (Lipinski definition) is 8. The molecule has 1 aromatic carbocycles. The molecule has 0 spiro atoms. The summed E-state index contributed by atoms with van der Waals surface area (Å²) in [6, 6.07) is 5.65. The lowest BCUT2D eigenvalue weighted by atomic mass is 10.1. The molecule has 1 atom stereocenters. The van der Waals surface area contributed by atoms with Crippen LogP contribution >= 0.6 is 11.3 Å². The minimum absolute atomic E-state index is 0.0167. The van der Waals surface area contributed by atoms with Crippen LogP contribution < -0.4 is 9.47 Å². The Bertz CT molecular complexity index is 1060. The molecule has 1 aliphatic heterocycles. The van der Waals surface area contributed by atoms with Crippen molar-refractivity contribution in [3.05, 3.63) is 51.1 Å². The summed E-state index contributed by atoms with van der Waals surface area (Å²) in [6.45, 7) is 6.25. The molecule has 0 saturated carbocycles. The van der Waals surface area contributed by atoms with E-state index in [2.05, 4.69) is 15.2 Å².